The summed E-state index contributed by atoms with van der Waals surface area (Å²) in [6.45, 7) is 8.21. The Morgan fingerprint density at radius 2 is 1.79 bits per heavy atom. The zero-order valence-electron chi connectivity index (χ0n) is 13.0. The molecule has 3 nitrogen and oxygen atoms in total. The topological polar surface area (TPSA) is 29.5 Å². The Morgan fingerprint density at radius 3 is 2.37 bits per heavy atom. The van der Waals surface area contributed by atoms with Gasteiger partial charge in [0, 0.05) is 0 Å². The van der Waals surface area contributed by atoms with E-state index in [0.717, 1.165) is 25.9 Å². The van der Waals surface area contributed by atoms with Gasteiger partial charge in [-0.2, -0.15) is 0 Å². The van der Waals surface area contributed by atoms with Gasteiger partial charge in [0.25, 0.3) is 0 Å². The Labute approximate surface area is 118 Å². The molecule has 0 aromatic heterocycles. The van der Waals surface area contributed by atoms with Crippen LogP contribution in [0.1, 0.15) is 72.1 Å². The average Bonchev–Trinajstić information content (AvgIpc) is 2.39. The van der Waals surface area contributed by atoms with Crippen LogP contribution < -0.4 is 0 Å². The van der Waals surface area contributed by atoms with Crippen molar-refractivity contribution >= 4 is 5.97 Å². The van der Waals surface area contributed by atoms with E-state index in [1.54, 1.807) is 0 Å². The van der Waals surface area contributed by atoms with Crippen molar-refractivity contribution < 1.29 is 9.53 Å². The lowest BCUT2D eigenvalue weighted by Crippen LogP contribution is -2.45. The molecule has 0 aliphatic carbocycles. The van der Waals surface area contributed by atoms with E-state index < -0.39 is 0 Å². The highest BCUT2D eigenvalue weighted by molar-refractivity contribution is 5.75. The third-order valence-electron chi connectivity index (χ3n) is 3.79. The van der Waals surface area contributed by atoms with Crippen molar-refractivity contribution in [3.8, 4) is 0 Å². The number of unbranched alkanes of at least 4 members (excludes halogenated alkanes) is 3. The highest BCUT2D eigenvalue weighted by Gasteiger charge is 2.28. The predicted molar refractivity (Wildman–Crippen MR) is 79.2 cm³/mol. The number of esters is 1. The normalized spacial score (nSPS) is 18.5. The van der Waals surface area contributed by atoms with Crippen molar-refractivity contribution in [2.75, 3.05) is 13.1 Å². The summed E-state index contributed by atoms with van der Waals surface area (Å²) in [4.78, 5) is 14.6. The van der Waals surface area contributed by atoms with Crippen LogP contribution in [-0.2, 0) is 9.53 Å². The highest BCUT2D eigenvalue weighted by atomic mass is 16.5. The second kappa shape index (κ2) is 9.35. The minimum atomic E-state index is -0.00611. The molecule has 1 aliphatic heterocycles. The standard InChI is InChI=1S/C16H31NO2/c1-4-5-6-8-11-15(16(18)19-14(2)3)17-12-9-7-10-13-17/h14-15H,4-13H2,1-3H3/t15-/m0/s1. The number of likely N-dealkylation sites (tertiary alicyclic amines) is 1. The van der Waals surface area contributed by atoms with Crippen LogP contribution in [0.2, 0.25) is 0 Å². The van der Waals surface area contributed by atoms with Gasteiger partial charge in [0.15, 0.2) is 0 Å². The van der Waals surface area contributed by atoms with Crippen LogP contribution in [0.4, 0.5) is 0 Å². The Hall–Kier alpha value is -0.570. The van der Waals surface area contributed by atoms with Crippen LogP contribution in [0.3, 0.4) is 0 Å². The largest absolute Gasteiger partial charge is 0.462 e. The fraction of sp³-hybridized carbons (Fsp3) is 0.938. The molecule has 0 unspecified atom stereocenters. The molecule has 1 heterocycles. The van der Waals surface area contributed by atoms with Crippen LogP contribution >= 0.6 is 0 Å². The first-order valence-electron chi connectivity index (χ1n) is 8.09. The van der Waals surface area contributed by atoms with Crippen molar-refractivity contribution in [2.45, 2.75) is 84.3 Å². The van der Waals surface area contributed by atoms with E-state index in [2.05, 4.69) is 11.8 Å². The lowest BCUT2D eigenvalue weighted by Gasteiger charge is -2.33. The summed E-state index contributed by atoms with van der Waals surface area (Å²) in [5.41, 5.74) is 0. The molecule has 0 aromatic rings. The molecular formula is C16H31NO2. The maximum atomic E-state index is 12.3. The third-order valence-corrected chi connectivity index (χ3v) is 3.79. The molecule has 0 spiro atoms. The molecule has 1 rings (SSSR count). The number of carbonyl (C=O) groups excluding carboxylic acids is 1. The van der Waals surface area contributed by atoms with Crippen LogP contribution in [0, 0.1) is 0 Å². The van der Waals surface area contributed by atoms with Gasteiger partial charge in [-0.15, -0.1) is 0 Å². The number of nitrogens with zero attached hydrogens (tertiary/aromatic N) is 1. The van der Waals surface area contributed by atoms with E-state index in [9.17, 15) is 4.79 Å². The molecular weight excluding hydrogens is 238 g/mol. The fourth-order valence-electron chi connectivity index (χ4n) is 2.75. The number of rotatable bonds is 8. The average molecular weight is 269 g/mol. The van der Waals surface area contributed by atoms with Gasteiger partial charge in [-0.25, -0.2) is 0 Å². The van der Waals surface area contributed by atoms with Gasteiger partial charge in [-0.05, 0) is 46.2 Å². The third kappa shape index (κ3) is 6.42. The molecule has 0 N–H and O–H groups in total. The molecule has 1 aliphatic rings. The molecule has 0 radical (unpaired) electrons. The summed E-state index contributed by atoms with van der Waals surface area (Å²) < 4.78 is 5.44. The number of hydrogen-bond donors (Lipinski definition) is 0. The lowest BCUT2D eigenvalue weighted by molar-refractivity contribution is -0.154. The van der Waals surface area contributed by atoms with Crippen molar-refractivity contribution in [1.29, 1.82) is 0 Å². The summed E-state index contributed by atoms with van der Waals surface area (Å²) in [5, 5.41) is 0. The van der Waals surface area contributed by atoms with Crippen LogP contribution in [-0.4, -0.2) is 36.1 Å². The fourth-order valence-corrected chi connectivity index (χ4v) is 2.75. The Morgan fingerprint density at radius 1 is 1.11 bits per heavy atom. The zero-order valence-corrected chi connectivity index (χ0v) is 13.0. The second-order valence-electron chi connectivity index (χ2n) is 5.95. The van der Waals surface area contributed by atoms with Gasteiger partial charge in [-0.3, -0.25) is 9.69 Å². The smallest absolute Gasteiger partial charge is 0.323 e. The number of hydrogen-bond acceptors (Lipinski definition) is 3. The minimum absolute atomic E-state index is 0.000411. The summed E-state index contributed by atoms with van der Waals surface area (Å²) in [6.07, 6.45) is 9.59. The van der Waals surface area contributed by atoms with Crippen LogP contribution in [0.5, 0.6) is 0 Å². The quantitative estimate of drug-likeness (QED) is 0.496. The minimum Gasteiger partial charge on any atom is -0.462 e. The molecule has 0 saturated carbocycles. The molecule has 0 bridgehead atoms. The van der Waals surface area contributed by atoms with Crippen LogP contribution in [0.25, 0.3) is 0 Å². The summed E-state index contributed by atoms with van der Waals surface area (Å²) >= 11 is 0. The molecule has 112 valence electrons. The van der Waals surface area contributed by atoms with E-state index >= 15 is 0 Å². The van der Waals surface area contributed by atoms with Gasteiger partial charge in [0.05, 0.1) is 6.10 Å². The summed E-state index contributed by atoms with van der Waals surface area (Å²) in [6, 6.07) is -0.000411. The molecule has 3 heteroatoms. The molecule has 0 amide bonds. The van der Waals surface area contributed by atoms with Gasteiger partial charge >= 0.3 is 5.97 Å². The zero-order chi connectivity index (χ0) is 14.1. The van der Waals surface area contributed by atoms with Gasteiger partial charge in [-0.1, -0.05) is 39.0 Å². The maximum Gasteiger partial charge on any atom is 0.323 e. The molecule has 0 aromatic carbocycles. The molecule has 1 atom stereocenters. The second-order valence-corrected chi connectivity index (χ2v) is 5.95. The van der Waals surface area contributed by atoms with E-state index in [0.29, 0.717) is 0 Å². The van der Waals surface area contributed by atoms with E-state index in [1.807, 2.05) is 13.8 Å². The molecule has 1 fully saturated rings. The number of piperidine rings is 1. The van der Waals surface area contributed by atoms with Crippen molar-refractivity contribution in [3.63, 3.8) is 0 Å². The van der Waals surface area contributed by atoms with E-state index in [1.165, 1.54) is 38.5 Å². The van der Waals surface area contributed by atoms with Crippen molar-refractivity contribution in [1.82, 2.24) is 4.90 Å². The van der Waals surface area contributed by atoms with Crippen LogP contribution in [0.15, 0.2) is 0 Å². The first kappa shape index (κ1) is 16.5. The summed E-state index contributed by atoms with van der Waals surface area (Å²) in [7, 11) is 0. The summed E-state index contributed by atoms with van der Waals surface area (Å²) in [5.74, 6) is -0.00611. The monoisotopic (exact) mass is 269 g/mol. The Bertz CT molecular complexity index is 247. The van der Waals surface area contributed by atoms with E-state index in [4.69, 9.17) is 4.74 Å². The maximum absolute atomic E-state index is 12.3. The Kier molecular flexibility index (Phi) is 8.11. The van der Waals surface area contributed by atoms with Gasteiger partial charge in [0.1, 0.15) is 6.04 Å². The van der Waals surface area contributed by atoms with Crippen molar-refractivity contribution in [3.05, 3.63) is 0 Å². The number of ether oxygens (including phenoxy) is 1. The van der Waals surface area contributed by atoms with Gasteiger partial charge in [0.2, 0.25) is 0 Å². The van der Waals surface area contributed by atoms with Gasteiger partial charge < -0.3 is 4.74 Å². The Balaban J connectivity index is 2.48. The predicted octanol–water partition coefficient (Wildman–Crippen LogP) is 3.76. The van der Waals surface area contributed by atoms with Crippen molar-refractivity contribution in [2.24, 2.45) is 0 Å². The first-order valence-corrected chi connectivity index (χ1v) is 8.09. The molecule has 19 heavy (non-hydrogen) atoms. The lowest BCUT2D eigenvalue weighted by atomic mass is 10.0. The SMILES string of the molecule is CCCCCC[C@@H](C(=O)OC(C)C)N1CCCCC1. The molecule has 1 saturated heterocycles. The highest BCUT2D eigenvalue weighted by Crippen LogP contribution is 2.18. The van der Waals surface area contributed by atoms with E-state index in [-0.39, 0.29) is 18.1 Å². The number of carbonyl (C=O) groups is 1. The first-order chi connectivity index (χ1) is 9.15.